The molecule has 2 N–H and O–H groups in total. The molecule has 0 radical (unpaired) electrons. The maximum atomic E-state index is 13.8. The Morgan fingerprint density at radius 3 is 2.56 bits per heavy atom. The number of ether oxygens (including phenoxy) is 2. The fraction of sp³-hybridized carbons (Fsp3) is 0.312. The van der Waals surface area contributed by atoms with Crippen LogP contribution in [0.1, 0.15) is 38.2 Å². The standard InChI is InChI=1S/C32H34ClN3O4S/c1-21-10-6-9-15-26(21)36-31(38)29(41-32(36)34-23-11-4-3-5-12-23)19-22-16-17-27(28(18-22)39-2)40-20-30(37)35-25-14-8-7-13-24(25)33/h3-5,7-8,11-14,16-19,21,26,32,34H,6,9-10,15,20H2,1-2H3,(H,35,37)/b29-19-/t21-,26+,32?/m1/s1. The van der Waals surface area contributed by atoms with Gasteiger partial charge < -0.3 is 25.0 Å². The smallest absolute Gasteiger partial charge is 0.262 e. The van der Waals surface area contributed by atoms with Crippen LogP contribution < -0.4 is 20.1 Å². The molecule has 1 unspecified atom stereocenters. The van der Waals surface area contributed by atoms with Gasteiger partial charge in [0, 0.05) is 11.7 Å². The Morgan fingerprint density at radius 1 is 1.05 bits per heavy atom. The number of amides is 2. The monoisotopic (exact) mass is 591 g/mol. The van der Waals surface area contributed by atoms with Gasteiger partial charge in [0.25, 0.3) is 11.8 Å². The van der Waals surface area contributed by atoms with E-state index >= 15 is 0 Å². The van der Waals surface area contributed by atoms with E-state index in [4.69, 9.17) is 21.1 Å². The summed E-state index contributed by atoms with van der Waals surface area (Å²) in [4.78, 5) is 28.9. The number of halogens is 1. The predicted octanol–water partition coefficient (Wildman–Crippen LogP) is 7.26. The first-order valence-corrected chi connectivity index (χ1v) is 15.1. The number of hydrogen-bond donors (Lipinski definition) is 2. The number of methoxy groups -OCH3 is 1. The van der Waals surface area contributed by atoms with Crippen LogP contribution in [0.4, 0.5) is 11.4 Å². The van der Waals surface area contributed by atoms with Crippen molar-refractivity contribution < 1.29 is 19.1 Å². The van der Waals surface area contributed by atoms with Crippen LogP contribution in [0.2, 0.25) is 5.02 Å². The number of nitrogens with one attached hydrogen (secondary N) is 2. The third-order valence-electron chi connectivity index (χ3n) is 7.42. The van der Waals surface area contributed by atoms with E-state index in [1.807, 2.05) is 53.4 Å². The van der Waals surface area contributed by atoms with Gasteiger partial charge in [-0.25, -0.2) is 0 Å². The van der Waals surface area contributed by atoms with Gasteiger partial charge in [-0.05, 0) is 66.8 Å². The summed E-state index contributed by atoms with van der Waals surface area (Å²) in [6, 6.07) is 22.6. The molecule has 3 atom stereocenters. The molecule has 7 nitrogen and oxygen atoms in total. The Morgan fingerprint density at radius 2 is 1.80 bits per heavy atom. The van der Waals surface area contributed by atoms with E-state index in [0.717, 1.165) is 30.5 Å². The molecule has 2 amide bonds. The van der Waals surface area contributed by atoms with Crippen LogP contribution in [0.5, 0.6) is 11.5 Å². The van der Waals surface area contributed by atoms with Gasteiger partial charge in [-0.3, -0.25) is 9.59 Å². The molecule has 0 bridgehead atoms. The Labute approximate surface area is 250 Å². The van der Waals surface area contributed by atoms with Crippen molar-refractivity contribution in [1.29, 1.82) is 0 Å². The van der Waals surface area contributed by atoms with Gasteiger partial charge in [0.15, 0.2) is 23.6 Å². The second kappa shape index (κ2) is 13.4. The van der Waals surface area contributed by atoms with Crippen LogP contribution in [-0.2, 0) is 9.59 Å². The van der Waals surface area contributed by atoms with E-state index in [0.29, 0.717) is 33.0 Å². The minimum Gasteiger partial charge on any atom is -0.493 e. The van der Waals surface area contributed by atoms with Crippen LogP contribution in [0.3, 0.4) is 0 Å². The molecular weight excluding hydrogens is 558 g/mol. The molecule has 1 saturated heterocycles. The number of hydrogen-bond acceptors (Lipinski definition) is 6. The van der Waals surface area contributed by atoms with Gasteiger partial charge in [-0.1, -0.05) is 79.5 Å². The van der Waals surface area contributed by atoms with E-state index in [-0.39, 0.29) is 30.0 Å². The number of rotatable bonds is 9. The minimum absolute atomic E-state index is 0.0396. The largest absolute Gasteiger partial charge is 0.493 e. The summed E-state index contributed by atoms with van der Waals surface area (Å²) in [5.74, 6) is 1.04. The van der Waals surface area contributed by atoms with Gasteiger partial charge in [0.1, 0.15) is 0 Å². The third kappa shape index (κ3) is 7.00. The van der Waals surface area contributed by atoms with Gasteiger partial charge in [-0.15, -0.1) is 0 Å². The lowest BCUT2D eigenvalue weighted by molar-refractivity contribution is -0.129. The van der Waals surface area contributed by atoms with Crippen molar-refractivity contribution in [1.82, 2.24) is 4.90 Å². The first kappa shape index (κ1) is 28.9. The first-order valence-electron chi connectivity index (χ1n) is 13.8. The van der Waals surface area contributed by atoms with Crippen LogP contribution in [0, 0.1) is 5.92 Å². The van der Waals surface area contributed by atoms with Crippen molar-refractivity contribution in [2.45, 2.75) is 44.1 Å². The molecule has 1 saturated carbocycles. The number of benzene rings is 3. The average molecular weight is 592 g/mol. The first-order chi connectivity index (χ1) is 19.9. The molecule has 214 valence electrons. The highest BCUT2D eigenvalue weighted by atomic mass is 35.5. The van der Waals surface area contributed by atoms with E-state index < -0.39 is 0 Å². The van der Waals surface area contributed by atoms with E-state index in [2.05, 4.69) is 17.6 Å². The molecule has 3 aromatic carbocycles. The van der Waals surface area contributed by atoms with E-state index in [9.17, 15) is 9.59 Å². The summed E-state index contributed by atoms with van der Waals surface area (Å²) >= 11 is 7.66. The fourth-order valence-electron chi connectivity index (χ4n) is 5.30. The van der Waals surface area contributed by atoms with Crippen molar-refractivity contribution in [3.63, 3.8) is 0 Å². The Bertz CT molecular complexity index is 1420. The van der Waals surface area contributed by atoms with Crippen molar-refractivity contribution in [3.05, 3.63) is 88.3 Å². The van der Waals surface area contributed by atoms with Crippen molar-refractivity contribution in [2.24, 2.45) is 5.92 Å². The summed E-state index contributed by atoms with van der Waals surface area (Å²) < 4.78 is 11.3. The lowest BCUT2D eigenvalue weighted by atomic mass is 9.85. The number of carbonyl (C=O) groups is 2. The molecule has 0 spiro atoms. The van der Waals surface area contributed by atoms with Gasteiger partial charge in [0.2, 0.25) is 0 Å². The Balaban J connectivity index is 1.32. The van der Waals surface area contributed by atoms with Crippen LogP contribution >= 0.6 is 23.4 Å². The van der Waals surface area contributed by atoms with E-state index in [1.165, 1.54) is 18.2 Å². The summed E-state index contributed by atoms with van der Waals surface area (Å²) in [6.45, 7) is 2.04. The lowest BCUT2D eigenvalue weighted by Gasteiger charge is -2.39. The van der Waals surface area contributed by atoms with Gasteiger partial charge >= 0.3 is 0 Å². The lowest BCUT2D eigenvalue weighted by Crippen LogP contribution is -2.48. The molecular formula is C32H34ClN3O4S. The number of thioether (sulfide) groups is 1. The molecule has 2 aliphatic rings. The third-order valence-corrected chi connectivity index (χ3v) is 8.86. The summed E-state index contributed by atoms with van der Waals surface area (Å²) in [5.41, 5.74) is 2.12. The van der Waals surface area contributed by atoms with Crippen LogP contribution in [0.25, 0.3) is 6.08 Å². The zero-order valence-electron chi connectivity index (χ0n) is 23.1. The van der Waals surface area contributed by atoms with E-state index in [1.54, 1.807) is 37.4 Å². The number of para-hydroxylation sites is 2. The maximum Gasteiger partial charge on any atom is 0.262 e. The molecule has 9 heteroatoms. The van der Waals surface area contributed by atoms with Gasteiger partial charge in [0.05, 0.1) is 22.7 Å². The highest BCUT2D eigenvalue weighted by Crippen LogP contribution is 2.42. The summed E-state index contributed by atoms with van der Waals surface area (Å²) in [6.07, 6.45) is 6.39. The summed E-state index contributed by atoms with van der Waals surface area (Å²) in [7, 11) is 1.55. The van der Waals surface area contributed by atoms with Crippen molar-refractivity contribution in [2.75, 3.05) is 24.4 Å². The summed E-state index contributed by atoms with van der Waals surface area (Å²) in [5, 5.41) is 6.76. The fourth-order valence-corrected chi connectivity index (χ4v) is 6.70. The molecule has 1 heterocycles. The highest BCUT2D eigenvalue weighted by Gasteiger charge is 2.42. The number of nitrogens with zero attached hydrogens (tertiary/aromatic N) is 1. The van der Waals surface area contributed by atoms with Gasteiger partial charge in [-0.2, -0.15) is 0 Å². The molecule has 0 aromatic heterocycles. The SMILES string of the molecule is COc1cc(/C=C2\SC(Nc3ccccc3)N([C@H]3CCCC[C@H]3C)C2=O)ccc1OCC(=O)Nc1ccccc1Cl. The molecule has 41 heavy (non-hydrogen) atoms. The molecule has 1 aliphatic carbocycles. The Hall–Kier alpha value is -3.62. The Kier molecular flexibility index (Phi) is 9.42. The zero-order chi connectivity index (χ0) is 28.8. The molecule has 5 rings (SSSR count). The van der Waals surface area contributed by atoms with Crippen LogP contribution in [0.15, 0.2) is 77.7 Å². The number of anilines is 2. The molecule has 3 aromatic rings. The minimum atomic E-state index is -0.340. The molecule has 1 aliphatic heterocycles. The second-order valence-corrected chi connectivity index (χ2v) is 11.8. The normalized spacial score (nSPS) is 21.5. The second-order valence-electron chi connectivity index (χ2n) is 10.3. The maximum absolute atomic E-state index is 13.8. The molecule has 2 fully saturated rings. The zero-order valence-corrected chi connectivity index (χ0v) is 24.7. The van der Waals surface area contributed by atoms with Crippen molar-refractivity contribution in [3.8, 4) is 11.5 Å². The van der Waals surface area contributed by atoms with Crippen LogP contribution in [-0.4, -0.2) is 42.0 Å². The number of carbonyl (C=O) groups excluding carboxylic acids is 2. The topological polar surface area (TPSA) is 79.9 Å². The highest BCUT2D eigenvalue weighted by molar-refractivity contribution is 8.05. The predicted molar refractivity (Wildman–Crippen MR) is 166 cm³/mol. The quantitative estimate of drug-likeness (QED) is 0.255. The average Bonchev–Trinajstić information content (AvgIpc) is 3.27. The van der Waals surface area contributed by atoms with Crippen molar-refractivity contribution >= 4 is 52.6 Å².